The van der Waals surface area contributed by atoms with E-state index >= 15 is 0 Å². The molecular formula is C17H25FN2O3. The van der Waals surface area contributed by atoms with E-state index in [4.69, 9.17) is 4.74 Å². The van der Waals surface area contributed by atoms with E-state index in [0.717, 1.165) is 5.56 Å². The number of nitrogens with one attached hydrogen (secondary N) is 2. The second-order valence-corrected chi connectivity index (χ2v) is 6.71. The number of amides is 2. The van der Waals surface area contributed by atoms with Crippen LogP contribution < -0.4 is 10.6 Å². The molecule has 2 N–H and O–H groups in total. The van der Waals surface area contributed by atoms with Crippen LogP contribution in [-0.2, 0) is 16.1 Å². The molecule has 6 heteroatoms. The first-order valence-corrected chi connectivity index (χ1v) is 7.60. The van der Waals surface area contributed by atoms with E-state index in [-0.39, 0.29) is 24.2 Å². The van der Waals surface area contributed by atoms with E-state index in [1.165, 1.54) is 12.1 Å². The highest BCUT2D eigenvalue weighted by Crippen LogP contribution is 2.09. The van der Waals surface area contributed by atoms with Crippen molar-refractivity contribution in [3.05, 3.63) is 35.6 Å². The first-order chi connectivity index (χ1) is 10.6. The van der Waals surface area contributed by atoms with Crippen molar-refractivity contribution in [1.82, 2.24) is 10.6 Å². The average molecular weight is 324 g/mol. The highest BCUT2D eigenvalue weighted by atomic mass is 19.1. The van der Waals surface area contributed by atoms with Gasteiger partial charge in [-0.2, -0.15) is 0 Å². The summed E-state index contributed by atoms with van der Waals surface area (Å²) in [6, 6.07) is 5.16. The number of alkyl carbamates (subject to hydrolysis) is 1. The second-order valence-electron chi connectivity index (χ2n) is 6.71. The summed E-state index contributed by atoms with van der Waals surface area (Å²) in [5.41, 5.74) is 0.149. The van der Waals surface area contributed by atoms with E-state index in [2.05, 4.69) is 10.6 Å². The van der Waals surface area contributed by atoms with Gasteiger partial charge in [-0.15, -0.1) is 0 Å². The van der Waals surface area contributed by atoms with Gasteiger partial charge in [0.1, 0.15) is 17.5 Å². The van der Waals surface area contributed by atoms with Crippen molar-refractivity contribution < 1.29 is 18.7 Å². The molecule has 1 aromatic rings. The van der Waals surface area contributed by atoms with Gasteiger partial charge in [-0.3, -0.25) is 4.79 Å². The summed E-state index contributed by atoms with van der Waals surface area (Å²) in [5.74, 6) is -0.738. The lowest BCUT2D eigenvalue weighted by atomic mass is 10.0. The molecular weight excluding hydrogens is 299 g/mol. The Morgan fingerprint density at radius 1 is 1.17 bits per heavy atom. The van der Waals surface area contributed by atoms with Gasteiger partial charge in [0, 0.05) is 6.54 Å². The maximum atomic E-state index is 12.8. The highest BCUT2D eigenvalue weighted by Gasteiger charge is 2.26. The Balaban J connectivity index is 2.60. The number of carbonyl (C=O) groups is 2. The molecule has 0 aliphatic carbocycles. The van der Waals surface area contributed by atoms with Crippen molar-refractivity contribution >= 4 is 12.0 Å². The number of rotatable bonds is 5. The van der Waals surface area contributed by atoms with Crippen LogP contribution in [0.2, 0.25) is 0 Å². The molecule has 1 atom stereocenters. The molecule has 0 aliphatic heterocycles. The van der Waals surface area contributed by atoms with Crippen molar-refractivity contribution in [3.8, 4) is 0 Å². The zero-order valence-corrected chi connectivity index (χ0v) is 14.3. The normalized spacial score (nSPS) is 12.7. The highest BCUT2D eigenvalue weighted by molar-refractivity contribution is 5.85. The molecule has 0 aromatic heterocycles. The maximum absolute atomic E-state index is 12.8. The number of ether oxygens (including phenoxy) is 1. The molecule has 0 heterocycles. The molecule has 1 rings (SSSR count). The van der Waals surface area contributed by atoms with Crippen LogP contribution in [0.25, 0.3) is 0 Å². The van der Waals surface area contributed by atoms with Crippen molar-refractivity contribution in [1.29, 1.82) is 0 Å². The van der Waals surface area contributed by atoms with E-state index in [1.807, 2.05) is 13.8 Å². The Morgan fingerprint density at radius 3 is 2.22 bits per heavy atom. The molecule has 0 radical (unpaired) electrons. The van der Waals surface area contributed by atoms with Crippen LogP contribution in [0.1, 0.15) is 40.2 Å². The van der Waals surface area contributed by atoms with Crippen LogP contribution in [-0.4, -0.2) is 23.6 Å². The van der Waals surface area contributed by atoms with Gasteiger partial charge in [0.05, 0.1) is 0 Å². The van der Waals surface area contributed by atoms with Crippen molar-refractivity contribution in [3.63, 3.8) is 0 Å². The molecule has 0 fully saturated rings. The third-order valence-electron chi connectivity index (χ3n) is 3.00. The lowest BCUT2D eigenvalue weighted by Crippen LogP contribution is -2.50. The number of hydrogen-bond donors (Lipinski definition) is 2. The van der Waals surface area contributed by atoms with E-state index in [9.17, 15) is 14.0 Å². The van der Waals surface area contributed by atoms with Gasteiger partial charge >= 0.3 is 6.09 Å². The molecule has 0 bridgehead atoms. The summed E-state index contributed by atoms with van der Waals surface area (Å²) < 4.78 is 18.0. The summed E-state index contributed by atoms with van der Waals surface area (Å²) in [4.78, 5) is 24.1. The zero-order valence-electron chi connectivity index (χ0n) is 14.3. The summed E-state index contributed by atoms with van der Waals surface area (Å²) in [7, 11) is 0. The molecule has 0 unspecified atom stereocenters. The number of halogens is 1. The minimum absolute atomic E-state index is 0.101. The fraction of sp³-hybridized carbons (Fsp3) is 0.529. The fourth-order valence-corrected chi connectivity index (χ4v) is 1.87. The SMILES string of the molecule is CC(C)[C@H](NC(=O)OC(C)(C)C)C(=O)NCc1ccc(F)cc1. The average Bonchev–Trinajstić information content (AvgIpc) is 2.41. The first kappa shape index (κ1) is 18.9. The number of hydrogen-bond acceptors (Lipinski definition) is 3. The van der Waals surface area contributed by atoms with Crippen LogP contribution in [0.4, 0.5) is 9.18 Å². The van der Waals surface area contributed by atoms with Gasteiger partial charge in [-0.05, 0) is 44.4 Å². The Labute approximate surface area is 136 Å². The second kappa shape index (κ2) is 7.94. The van der Waals surface area contributed by atoms with Gasteiger partial charge in [0.2, 0.25) is 5.91 Å². The number of carbonyl (C=O) groups excluding carboxylic acids is 2. The molecule has 1 aromatic carbocycles. The van der Waals surface area contributed by atoms with Crippen LogP contribution in [0, 0.1) is 11.7 Å². The third kappa shape index (κ3) is 7.13. The molecule has 0 saturated heterocycles. The van der Waals surface area contributed by atoms with Gasteiger partial charge in [-0.25, -0.2) is 9.18 Å². The molecule has 23 heavy (non-hydrogen) atoms. The standard InChI is InChI=1S/C17H25FN2O3/c1-11(2)14(20-16(22)23-17(3,4)5)15(21)19-10-12-6-8-13(18)9-7-12/h6-9,11,14H,10H2,1-5H3,(H,19,21)(H,20,22)/t14-/m0/s1. The lowest BCUT2D eigenvalue weighted by molar-refractivity contribution is -0.124. The molecule has 0 saturated carbocycles. The summed E-state index contributed by atoms with van der Waals surface area (Å²) in [6.45, 7) is 9.19. The smallest absolute Gasteiger partial charge is 0.408 e. The van der Waals surface area contributed by atoms with Crippen molar-refractivity contribution in [2.24, 2.45) is 5.92 Å². The van der Waals surface area contributed by atoms with Gasteiger partial charge in [0.15, 0.2) is 0 Å². The summed E-state index contributed by atoms with van der Waals surface area (Å²) in [5, 5.41) is 5.32. The van der Waals surface area contributed by atoms with Gasteiger partial charge < -0.3 is 15.4 Å². The van der Waals surface area contributed by atoms with Crippen LogP contribution in [0.3, 0.4) is 0 Å². The molecule has 2 amide bonds. The summed E-state index contributed by atoms with van der Waals surface area (Å²) in [6.07, 6.45) is -0.631. The van der Waals surface area contributed by atoms with E-state index < -0.39 is 17.7 Å². The lowest BCUT2D eigenvalue weighted by Gasteiger charge is -2.25. The Hall–Kier alpha value is -2.11. The first-order valence-electron chi connectivity index (χ1n) is 7.60. The van der Waals surface area contributed by atoms with Crippen LogP contribution in [0.5, 0.6) is 0 Å². The minimum atomic E-state index is -0.703. The predicted octanol–water partition coefficient (Wildman–Crippen LogP) is 2.99. The maximum Gasteiger partial charge on any atom is 0.408 e. The molecule has 128 valence electrons. The fourth-order valence-electron chi connectivity index (χ4n) is 1.87. The molecule has 5 nitrogen and oxygen atoms in total. The van der Waals surface area contributed by atoms with Gasteiger partial charge in [0.25, 0.3) is 0 Å². The quantitative estimate of drug-likeness (QED) is 0.875. The van der Waals surface area contributed by atoms with Crippen molar-refractivity contribution in [2.75, 3.05) is 0 Å². The van der Waals surface area contributed by atoms with E-state index in [0.29, 0.717) is 0 Å². The summed E-state index contributed by atoms with van der Waals surface area (Å²) >= 11 is 0. The monoisotopic (exact) mass is 324 g/mol. The number of benzene rings is 1. The topological polar surface area (TPSA) is 67.4 Å². The predicted molar refractivity (Wildman–Crippen MR) is 86.2 cm³/mol. The molecule has 0 aliphatic rings. The van der Waals surface area contributed by atoms with Crippen LogP contribution in [0.15, 0.2) is 24.3 Å². The van der Waals surface area contributed by atoms with Gasteiger partial charge in [-0.1, -0.05) is 26.0 Å². The third-order valence-corrected chi connectivity index (χ3v) is 3.00. The Kier molecular flexibility index (Phi) is 6.54. The molecule has 0 spiro atoms. The Morgan fingerprint density at radius 2 is 1.74 bits per heavy atom. The minimum Gasteiger partial charge on any atom is -0.444 e. The van der Waals surface area contributed by atoms with Crippen molar-refractivity contribution in [2.45, 2.75) is 52.8 Å². The van der Waals surface area contributed by atoms with Crippen LogP contribution >= 0.6 is 0 Å². The zero-order chi connectivity index (χ0) is 17.6. The van der Waals surface area contributed by atoms with E-state index in [1.54, 1.807) is 32.9 Å². The largest absolute Gasteiger partial charge is 0.444 e. The Bertz CT molecular complexity index is 536.